The van der Waals surface area contributed by atoms with Crippen molar-refractivity contribution in [1.82, 2.24) is 14.8 Å². The van der Waals surface area contributed by atoms with Gasteiger partial charge in [0, 0.05) is 43.0 Å². The Morgan fingerprint density at radius 3 is 2.33 bits per heavy atom. The van der Waals surface area contributed by atoms with E-state index in [1.807, 2.05) is 67.6 Å². The van der Waals surface area contributed by atoms with E-state index in [9.17, 15) is 4.79 Å². The minimum atomic E-state index is 0.121. The lowest BCUT2D eigenvalue weighted by Crippen LogP contribution is -2.69. The molecule has 2 unspecified atom stereocenters. The van der Waals surface area contributed by atoms with E-state index in [0.717, 1.165) is 54.5 Å². The van der Waals surface area contributed by atoms with Crippen LogP contribution in [0.15, 0.2) is 72.8 Å². The van der Waals surface area contributed by atoms with Gasteiger partial charge in [0.2, 0.25) is 0 Å². The molecule has 2 aromatic carbocycles. The van der Waals surface area contributed by atoms with Crippen molar-refractivity contribution in [3.05, 3.63) is 89.7 Å². The number of amides is 1. The third kappa shape index (κ3) is 3.81. The number of carbonyl (C=O) groups is 1. The molecule has 5 nitrogen and oxygen atoms in total. The summed E-state index contributed by atoms with van der Waals surface area (Å²) in [5.41, 5.74) is 2.87. The molecular weight excluding hydrogens is 374 g/mol. The molecule has 3 aromatic rings. The minimum absolute atomic E-state index is 0.121. The Bertz CT molecular complexity index is 1020. The zero-order valence-electron chi connectivity index (χ0n) is 17.1. The Kier molecular flexibility index (Phi) is 4.97. The van der Waals surface area contributed by atoms with Crippen LogP contribution >= 0.6 is 0 Å². The van der Waals surface area contributed by atoms with Gasteiger partial charge in [0.1, 0.15) is 11.5 Å². The summed E-state index contributed by atoms with van der Waals surface area (Å²) in [6, 6.07) is 23.9. The number of ether oxygens (including phenoxy) is 1. The standard InChI is InChI=1S/C25H25N3O2/c1-18-6-5-7-20(26-18)15-27-16-21-14-22(17-27)28(21)25(29)19-10-12-24(13-11-19)30-23-8-3-2-4-9-23/h2-13,21-22H,14-17H2,1H3. The molecule has 3 fully saturated rings. The lowest BCUT2D eigenvalue weighted by Gasteiger charge is -2.56. The number of hydrogen-bond acceptors (Lipinski definition) is 4. The average molecular weight is 399 g/mol. The van der Waals surface area contributed by atoms with Gasteiger partial charge in [-0.25, -0.2) is 0 Å². The molecule has 0 N–H and O–H groups in total. The zero-order valence-corrected chi connectivity index (χ0v) is 17.1. The molecule has 152 valence electrons. The van der Waals surface area contributed by atoms with Gasteiger partial charge < -0.3 is 9.64 Å². The molecule has 2 atom stereocenters. The molecule has 3 aliphatic heterocycles. The molecule has 0 spiro atoms. The van der Waals surface area contributed by atoms with Gasteiger partial charge in [0.25, 0.3) is 5.91 Å². The first-order valence-corrected chi connectivity index (χ1v) is 10.5. The van der Waals surface area contributed by atoms with Crippen LogP contribution < -0.4 is 4.74 Å². The average Bonchev–Trinajstić information content (AvgIpc) is 2.75. The lowest BCUT2D eigenvalue weighted by atomic mass is 9.86. The van der Waals surface area contributed by atoms with E-state index < -0.39 is 0 Å². The summed E-state index contributed by atoms with van der Waals surface area (Å²) in [6.07, 6.45) is 1.10. The SMILES string of the molecule is Cc1cccc(CN2CC3CC(C2)N3C(=O)c2ccc(Oc3ccccc3)cc2)n1. The fourth-order valence-corrected chi connectivity index (χ4v) is 4.51. The van der Waals surface area contributed by atoms with Crippen molar-refractivity contribution >= 4 is 5.91 Å². The molecule has 1 amide bonds. The van der Waals surface area contributed by atoms with Crippen LogP contribution in [0, 0.1) is 6.92 Å². The van der Waals surface area contributed by atoms with E-state index in [1.165, 1.54) is 0 Å². The first-order chi connectivity index (χ1) is 14.7. The van der Waals surface area contributed by atoms with Crippen LogP contribution in [0.5, 0.6) is 11.5 Å². The van der Waals surface area contributed by atoms with Gasteiger partial charge >= 0.3 is 0 Å². The molecule has 6 rings (SSSR count). The fraction of sp³-hybridized carbons (Fsp3) is 0.280. The number of nitrogens with zero attached hydrogens (tertiary/aromatic N) is 3. The van der Waals surface area contributed by atoms with Crippen molar-refractivity contribution in [2.75, 3.05) is 13.1 Å². The molecule has 3 saturated heterocycles. The molecule has 0 aliphatic carbocycles. The largest absolute Gasteiger partial charge is 0.457 e. The predicted molar refractivity (Wildman–Crippen MR) is 116 cm³/mol. The maximum atomic E-state index is 13.1. The van der Waals surface area contributed by atoms with E-state index in [1.54, 1.807) is 0 Å². The van der Waals surface area contributed by atoms with Crippen LogP contribution in [0.1, 0.15) is 28.2 Å². The molecule has 5 heteroatoms. The van der Waals surface area contributed by atoms with Crippen molar-refractivity contribution < 1.29 is 9.53 Å². The maximum Gasteiger partial charge on any atom is 0.254 e. The van der Waals surface area contributed by atoms with Crippen LogP contribution in [-0.2, 0) is 6.54 Å². The van der Waals surface area contributed by atoms with Crippen LogP contribution in [0.2, 0.25) is 0 Å². The van der Waals surface area contributed by atoms with E-state index in [0.29, 0.717) is 12.1 Å². The number of aromatic nitrogens is 1. The molecule has 0 radical (unpaired) electrons. The van der Waals surface area contributed by atoms with Crippen molar-refractivity contribution in [2.24, 2.45) is 0 Å². The number of para-hydroxylation sites is 1. The van der Waals surface area contributed by atoms with E-state index in [4.69, 9.17) is 4.74 Å². The van der Waals surface area contributed by atoms with Crippen molar-refractivity contribution in [1.29, 1.82) is 0 Å². The highest BCUT2D eigenvalue weighted by molar-refractivity contribution is 5.95. The highest BCUT2D eigenvalue weighted by Crippen LogP contribution is 2.34. The summed E-state index contributed by atoms with van der Waals surface area (Å²) in [4.78, 5) is 22.2. The second-order valence-corrected chi connectivity index (χ2v) is 8.16. The lowest BCUT2D eigenvalue weighted by molar-refractivity contribution is -0.0503. The number of piperazine rings is 1. The van der Waals surface area contributed by atoms with Crippen LogP contribution in [0.25, 0.3) is 0 Å². The summed E-state index contributed by atoms with van der Waals surface area (Å²) >= 11 is 0. The number of hydrogen-bond donors (Lipinski definition) is 0. The minimum Gasteiger partial charge on any atom is -0.457 e. The Hall–Kier alpha value is -3.18. The Morgan fingerprint density at radius 2 is 1.63 bits per heavy atom. The van der Waals surface area contributed by atoms with Crippen molar-refractivity contribution in [3.63, 3.8) is 0 Å². The monoisotopic (exact) mass is 399 g/mol. The van der Waals surface area contributed by atoms with Crippen LogP contribution in [0.3, 0.4) is 0 Å². The number of fused-ring (bicyclic) bond motifs is 2. The number of aryl methyl sites for hydroxylation is 1. The molecule has 0 saturated carbocycles. The van der Waals surface area contributed by atoms with E-state index in [-0.39, 0.29) is 5.91 Å². The molecule has 2 bridgehead atoms. The Balaban J connectivity index is 1.20. The predicted octanol–water partition coefficient (Wildman–Crippen LogP) is 4.28. The summed E-state index contributed by atoms with van der Waals surface area (Å²) < 4.78 is 5.83. The summed E-state index contributed by atoms with van der Waals surface area (Å²) in [5.74, 6) is 1.64. The Labute approximate surface area is 176 Å². The highest BCUT2D eigenvalue weighted by Gasteiger charge is 2.47. The van der Waals surface area contributed by atoms with Crippen molar-refractivity contribution in [2.45, 2.75) is 32.0 Å². The molecule has 3 aliphatic rings. The third-order valence-corrected chi connectivity index (χ3v) is 5.92. The van der Waals surface area contributed by atoms with Gasteiger partial charge in [-0.2, -0.15) is 0 Å². The number of piperidine rings is 1. The smallest absolute Gasteiger partial charge is 0.254 e. The molecule has 4 heterocycles. The van der Waals surface area contributed by atoms with Crippen molar-refractivity contribution in [3.8, 4) is 11.5 Å². The van der Waals surface area contributed by atoms with E-state index in [2.05, 4.69) is 26.9 Å². The van der Waals surface area contributed by atoms with Gasteiger partial charge in [-0.05, 0) is 61.9 Å². The first kappa shape index (κ1) is 18.8. The van der Waals surface area contributed by atoms with Gasteiger partial charge in [0.15, 0.2) is 0 Å². The molecular formula is C25H25N3O2. The van der Waals surface area contributed by atoms with E-state index >= 15 is 0 Å². The number of carbonyl (C=O) groups excluding carboxylic acids is 1. The normalized spacial score (nSPS) is 20.5. The topological polar surface area (TPSA) is 45.7 Å². The number of pyridine rings is 1. The zero-order chi connectivity index (χ0) is 20.5. The highest BCUT2D eigenvalue weighted by atomic mass is 16.5. The third-order valence-electron chi connectivity index (χ3n) is 5.92. The summed E-state index contributed by atoms with van der Waals surface area (Å²) in [6.45, 7) is 4.69. The number of rotatable bonds is 5. The van der Waals surface area contributed by atoms with Crippen LogP contribution in [-0.4, -0.2) is 45.9 Å². The number of benzene rings is 2. The van der Waals surface area contributed by atoms with Gasteiger partial charge in [-0.3, -0.25) is 14.7 Å². The summed E-state index contributed by atoms with van der Waals surface area (Å²) in [7, 11) is 0. The van der Waals surface area contributed by atoms with Crippen LogP contribution in [0.4, 0.5) is 0 Å². The molecule has 30 heavy (non-hydrogen) atoms. The van der Waals surface area contributed by atoms with Gasteiger partial charge in [-0.15, -0.1) is 0 Å². The second-order valence-electron chi connectivity index (χ2n) is 8.16. The van der Waals surface area contributed by atoms with Gasteiger partial charge in [-0.1, -0.05) is 24.3 Å². The van der Waals surface area contributed by atoms with Gasteiger partial charge in [0.05, 0.1) is 5.69 Å². The first-order valence-electron chi connectivity index (χ1n) is 10.5. The fourth-order valence-electron chi connectivity index (χ4n) is 4.51. The molecule has 1 aromatic heterocycles. The second kappa shape index (κ2) is 7.92. The Morgan fingerprint density at radius 1 is 0.933 bits per heavy atom. The quantitative estimate of drug-likeness (QED) is 0.642. The summed E-state index contributed by atoms with van der Waals surface area (Å²) in [5, 5.41) is 0. The maximum absolute atomic E-state index is 13.1.